The van der Waals surface area contributed by atoms with Crippen LogP contribution in [0.4, 0.5) is 4.39 Å². The number of carbonyl (C=O) groups is 1. The second-order valence-corrected chi connectivity index (χ2v) is 3.31. The van der Waals surface area contributed by atoms with Crippen LogP contribution < -0.4 is 9.47 Å². The molecule has 80 valence electrons. The van der Waals surface area contributed by atoms with Crippen LogP contribution in [0, 0.1) is 5.82 Å². The molecule has 2 rings (SSSR count). The third-order valence-corrected chi connectivity index (χ3v) is 2.21. The number of aldehydes is 1. The molecular formula is C11H11FO3. The molecule has 0 bridgehead atoms. The fourth-order valence-electron chi connectivity index (χ4n) is 1.53. The maximum Gasteiger partial charge on any atom is 0.197 e. The molecule has 15 heavy (non-hydrogen) atoms. The Morgan fingerprint density at radius 3 is 2.93 bits per heavy atom. The van der Waals surface area contributed by atoms with Crippen molar-refractivity contribution >= 4 is 6.29 Å². The first-order chi connectivity index (χ1) is 7.31. The Morgan fingerprint density at radius 1 is 1.33 bits per heavy atom. The quantitative estimate of drug-likeness (QED) is 0.713. The van der Waals surface area contributed by atoms with Gasteiger partial charge in [0.1, 0.15) is 19.5 Å². The van der Waals surface area contributed by atoms with Gasteiger partial charge < -0.3 is 14.3 Å². The van der Waals surface area contributed by atoms with Crippen LogP contribution in [0.1, 0.15) is 12.0 Å². The lowest BCUT2D eigenvalue weighted by atomic mass is 10.1. The second kappa shape index (κ2) is 4.29. The highest BCUT2D eigenvalue weighted by molar-refractivity contribution is 5.51. The molecule has 1 aliphatic rings. The molecule has 3 nitrogen and oxygen atoms in total. The predicted octanol–water partition coefficient (Wildman–Crippen LogP) is 1.73. The Labute approximate surface area is 86.8 Å². The highest BCUT2D eigenvalue weighted by Gasteiger charge is 2.17. The molecule has 0 atom stereocenters. The van der Waals surface area contributed by atoms with Gasteiger partial charge in [0, 0.05) is 6.42 Å². The van der Waals surface area contributed by atoms with E-state index in [1.807, 2.05) is 0 Å². The summed E-state index contributed by atoms with van der Waals surface area (Å²) >= 11 is 0. The van der Waals surface area contributed by atoms with Crippen molar-refractivity contribution in [3.8, 4) is 11.5 Å². The molecule has 0 spiro atoms. The Kier molecular flexibility index (Phi) is 2.85. The molecule has 1 aromatic rings. The smallest absolute Gasteiger partial charge is 0.197 e. The van der Waals surface area contributed by atoms with Crippen molar-refractivity contribution in [1.29, 1.82) is 0 Å². The number of hydrogen-bond donors (Lipinski definition) is 0. The number of benzene rings is 1. The highest BCUT2D eigenvalue weighted by Crippen LogP contribution is 2.34. The molecule has 0 aliphatic carbocycles. The summed E-state index contributed by atoms with van der Waals surface area (Å²) in [4.78, 5) is 10.2. The third-order valence-electron chi connectivity index (χ3n) is 2.21. The summed E-state index contributed by atoms with van der Waals surface area (Å²) in [5.41, 5.74) is 0.754. The van der Waals surface area contributed by atoms with Gasteiger partial charge in [0.15, 0.2) is 17.3 Å². The molecular weight excluding hydrogens is 199 g/mol. The topological polar surface area (TPSA) is 35.5 Å². The molecule has 0 saturated carbocycles. The summed E-state index contributed by atoms with van der Waals surface area (Å²) in [5.74, 6) is 0.186. The van der Waals surface area contributed by atoms with E-state index < -0.39 is 5.82 Å². The van der Waals surface area contributed by atoms with Crippen LogP contribution in [0.25, 0.3) is 0 Å². The van der Waals surface area contributed by atoms with Gasteiger partial charge in [-0.2, -0.15) is 0 Å². The average Bonchev–Trinajstić information content (AvgIpc) is 2.26. The zero-order valence-electron chi connectivity index (χ0n) is 8.16. The van der Waals surface area contributed by atoms with Crippen LogP contribution in [-0.4, -0.2) is 19.5 Å². The van der Waals surface area contributed by atoms with Crippen LogP contribution in [-0.2, 0) is 11.2 Å². The molecule has 0 amide bonds. The van der Waals surface area contributed by atoms with Crippen LogP contribution in [0.15, 0.2) is 12.1 Å². The maximum absolute atomic E-state index is 13.5. The van der Waals surface area contributed by atoms with Gasteiger partial charge in [0.2, 0.25) is 0 Å². The molecule has 0 N–H and O–H groups in total. The fraction of sp³-hybridized carbons (Fsp3) is 0.364. The van der Waals surface area contributed by atoms with Gasteiger partial charge in [0.25, 0.3) is 0 Å². The summed E-state index contributed by atoms with van der Waals surface area (Å²) < 4.78 is 23.9. The van der Waals surface area contributed by atoms with E-state index in [1.165, 1.54) is 6.07 Å². The number of rotatable bonds is 3. The first-order valence-electron chi connectivity index (χ1n) is 4.83. The van der Waals surface area contributed by atoms with Gasteiger partial charge >= 0.3 is 0 Å². The van der Waals surface area contributed by atoms with Gasteiger partial charge in [-0.3, -0.25) is 0 Å². The van der Waals surface area contributed by atoms with E-state index in [0.29, 0.717) is 31.8 Å². The summed E-state index contributed by atoms with van der Waals surface area (Å²) in [6.45, 7) is 0.807. The van der Waals surface area contributed by atoms with Gasteiger partial charge in [-0.1, -0.05) is 0 Å². The zero-order valence-corrected chi connectivity index (χ0v) is 8.16. The highest BCUT2D eigenvalue weighted by atomic mass is 19.1. The molecule has 1 heterocycles. The molecule has 0 fully saturated rings. The molecule has 0 saturated heterocycles. The standard InChI is InChI=1S/C11H11FO3/c12-9-6-8(2-1-3-13)7-10-11(9)15-5-4-14-10/h3,6-7H,1-2,4-5H2. The van der Waals surface area contributed by atoms with Crippen LogP contribution in [0.2, 0.25) is 0 Å². The van der Waals surface area contributed by atoms with E-state index in [0.717, 1.165) is 11.8 Å². The molecule has 0 radical (unpaired) electrons. The lowest BCUT2D eigenvalue weighted by molar-refractivity contribution is -0.107. The Hall–Kier alpha value is -1.58. The summed E-state index contributed by atoms with van der Waals surface area (Å²) in [5, 5.41) is 0. The number of ether oxygens (including phenoxy) is 2. The van der Waals surface area contributed by atoms with E-state index in [1.54, 1.807) is 6.07 Å². The second-order valence-electron chi connectivity index (χ2n) is 3.31. The van der Waals surface area contributed by atoms with Gasteiger partial charge in [0.05, 0.1) is 0 Å². The Bertz CT molecular complexity index is 376. The summed E-state index contributed by atoms with van der Waals surface area (Å²) in [7, 11) is 0. The van der Waals surface area contributed by atoms with E-state index in [4.69, 9.17) is 9.47 Å². The first kappa shape index (κ1) is 9.96. The van der Waals surface area contributed by atoms with E-state index in [9.17, 15) is 9.18 Å². The molecule has 1 aliphatic heterocycles. The van der Waals surface area contributed by atoms with Crippen molar-refractivity contribution in [1.82, 2.24) is 0 Å². The Morgan fingerprint density at radius 2 is 2.13 bits per heavy atom. The van der Waals surface area contributed by atoms with Crippen LogP contribution >= 0.6 is 0 Å². The van der Waals surface area contributed by atoms with Crippen molar-refractivity contribution in [2.24, 2.45) is 0 Å². The summed E-state index contributed by atoms with van der Waals surface area (Å²) in [6.07, 6.45) is 1.73. The minimum Gasteiger partial charge on any atom is -0.486 e. The van der Waals surface area contributed by atoms with Crippen molar-refractivity contribution in [2.75, 3.05) is 13.2 Å². The molecule has 4 heteroatoms. The van der Waals surface area contributed by atoms with Crippen molar-refractivity contribution in [3.63, 3.8) is 0 Å². The first-order valence-corrected chi connectivity index (χ1v) is 4.83. The third kappa shape index (κ3) is 2.09. The van der Waals surface area contributed by atoms with Crippen LogP contribution in [0.5, 0.6) is 11.5 Å². The fourth-order valence-corrected chi connectivity index (χ4v) is 1.53. The predicted molar refractivity (Wildman–Crippen MR) is 51.8 cm³/mol. The molecule has 0 aromatic heterocycles. The number of fused-ring (bicyclic) bond motifs is 1. The number of aryl methyl sites for hydroxylation is 1. The SMILES string of the molecule is O=CCCc1cc(F)c2c(c1)OCCO2. The number of halogens is 1. The zero-order chi connectivity index (χ0) is 10.7. The van der Waals surface area contributed by atoms with Crippen molar-refractivity contribution < 1.29 is 18.7 Å². The van der Waals surface area contributed by atoms with Crippen LogP contribution in [0.3, 0.4) is 0 Å². The van der Waals surface area contributed by atoms with Crippen molar-refractivity contribution in [2.45, 2.75) is 12.8 Å². The van der Waals surface area contributed by atoms with E-state index in [2.05, 4.69) is 0 Å². The minimum absolute atomic E-state index is 0.177. The average molecular weight is 210 g/mol. The van der Waals surface area contributed by atoms with Gasteiger partial charge in [-0.05, 0) is 24.1 Å². The van der Waals surface area contributed by atoms with Gasteiger partial charge in [-0.25, -0.2) is 4.39 Å². The molecule has 1 aromatic carbocycles. The van der Waals surface area contributed by atoms with Gasteiger partial charge in [-0.15, -0.1) is 0 Å². The molecule has 0 unspecified atom stereocenters. The summed E-state index contributed by atoms with van der Waals surface area (Å²) in [6, 6.07) is 3.11. The normalized spacial score (nSPS) is 13.7. The van der Waals surface area contributed by atoms with Crippen molar-refractivity contribution in [3.05, 3.63) is 23.5 Å². The number of hydrogen-bond acceptors (Lipinski definition) is 3. The minimum atomic E-state index is -0.423. The largest absolute Gasteiger partial charge is 0.486 e. The van der Waals surface area contributed by atoms with E-state index >= 15 is 0 Å². The maximum atomic E-state index is 13.5. The lowest BCUT2D eigenvalue weighted by Gasteiger charge is -2.19. The van der Waals surface area contributed by atoms with E-state index in [-0.39, 0.29) is 5.75 Å². The lowest BCUT2D eigenvalue weighted by Crippen LogP contribution is -2.16. The monoisotopic (exact) mass is 210 g/mol. The number of carbonyl (C=O) groups excluding carboxylic acids is 1. The Balaban J connectivity index is 2.27.